The molecule has 0 spiro atoms. The molecule has 0 fully saturated rings. The summed E-state index contributed by atoms with van der Waals surface area (Å²) in [5, 5.41) is 0.517. The minimum Gasteiger partial charge on any atom is -0.236 e. The molecule has 0 saturated heterocycles. The Labute approximate surface area is 100 Å². The van der Waals surface area contributed by atoms with Gasteiger partial charge in [0.05, 0.1) is 5.69 Å². The molecule has 2 nitrogen and oxygen atoms in total. The van der Waals surface area contributed by atoms with Gasteiger partial charge in [-0.1, -0.05) is 23.7 Å². The summed E-state index contributed by atoms with van der Waals surface area (Å²) < 4.78 is 0. The standard InChI is InChI=1S/C13H13ClN2/c1-8-4-5-11(6-9(8)2)12-10(3)13(14)16-7-15-12/h4-7H,1-3H3. The molecule has 0 aliphatic rings. The van der Waals surface area contributed by atoms with Crippen LogP contribution in [-0.4, -0.2) is 9.97 Å². The Morgan fingerprint density at radius 1 is 1.00 bits per heavy atom. The van der Waals surface area contributed by atoms with Gasteiger partial charge in [-0.2, -0.15) is 0 Å². The summed E-state index contributed by atoms with van der Waals surface area (Å²) in [7, 11) is 0. The van der Waals surface area contributed by atoms with Gasteiger partial charge in [-0.3, -0.25) is 0 Å². The second kappa shape index (κ2) is 4.22. The predicted molar refractivity (Wildman–Crippen MR) is 66.7 cm³/mol. The van der Waals surface area contributed by atoms with E-state index in [1.807, 2.05) is 6.92 Å². The number of nitrogens with zero attached hydrogens (tertiary/aromatic N) is 2. The Morgan fingerprint density at radius 2 is 1.75 bits per heavy atom. The zero-order valence-corrected chi connectivity index (χ0v) is 10.3. The number of benzene rings is 1. The van der Waals surface area contributed by atoms with E-state index in [2.05, 4.69) is 42.0 Å². The fraction of sp³-hybridized carbons (Fsp3) is 0.231. The quantitative estimate of drug-likeness (QED) is 0.701. The van der Waals surface area contributed by atoms with Crippen molar-refractivity contribution >= 4 is 11.6 Å². The molecule has 0 amide bonds. The third kappa shape index (κ3) is 1.93. The third-order valence-corrected chi connectivity index (χ3v) is 3.18. The van der Waals surface area contributed by atoms with Gasteiger partial charge in [0.2, 0.25) is 0 Å². The molecule has 0 bridgehead atoms. The molecule has 0 aliphatic heterocycles. The van der Waals surface area contributed by atoms with Crippen LogP contribution in [0.4, 0.5) is 0 Å². The van der Waals surface area contributed by atoms with E-state index in [1.54, 1.807) is 0 Å². The van der Waals surface area contributed by atoms with E-state index in [0.717, 1.165) is 16.8 Å². The summed E-state index contributed by atoms with van der Waals surface area (Å²) in [6, 6.07) is 6.29. The molecule has 0 atom stereocenters. The third-order valence-electron chi connectivity index (χ3n) is 2.80. The fourth-order valence-corrected chi connectivity index (χ4v) is 1.74. The topological polar surface area (TPSA) is 25.8 Å². The Bertz CT molecular complexity index is 535. The van der Waals surface area contributed by atoms with Gasteiger partial charge in [0, 0.05) is 11.1 Å². The van der Waals surface area contributed by atoms with Crippen LogP contribution in [0.5, 0.6) is 0 Å². The molecule has 0 aliphatic carbocycles. The van der Waals surface area contributed by atoms with E-state index >= 15 is 0 Å². The molecular formula is C13H13ClN2. The summed E-state index contributed by atoms with van der Waals surface area (Å²) >= 11 is 5.98. The zero-order chi connectivity index (χ0) is 11.7. The number of halogens is 1. The number of hydrogen-bond acceptors (Lipinski definition) is 2. The zero-order valence-electron chi connectivity index (χ0n) is 9.58. The van der Waals surface area contributed by atoms with Gasteiger partial charge in [0.1, 0.15) is 11.5 Å². The summed E-state index contributed by atoms with van der Waals surface area (Å²) in [6.07, 6.45) is 1.50. The highest BCUT2D eigenvalue weighted by atomic mass is 35.5. The Kier molecular flexibility index (Phi) is 2.92. The molecule has 2 aromatic rings. The summed E-state index contributed by atoms with van der Waals surface area (Å²) in [4.78, 5) is 8.24. The van der Waals surface area contributed by atoms with Crippen molar-refractivity contribution in [2.45, 2.75) is 20.8 Å². The van der Waals surface area contributed by atoms with Crippen molar-refractivity contribution < 1.29 is 0 Å². The maximum absolute atomic E-state index is 5.98. The SMILES string of the molecule is Cc1ccc(-c2ncnc(Cl)c2C)cc1C. The van der Waals surface area contributed by atoms with Gasteiger partial charge in [0.15, 0.2) is 0 Å². The molecule has 16 heavy (non-hydrogen) atoms. The minimum absolute atomic E-state index is 0.517. The van der Waals surface area contributed by atoms with Crippen LogP contribution in [0, 0.1) is 20.8 Å². The summed E-state index contributed by atoms with van der Waals surface area (Å²) in [6.45, 7) is 6.13. The molecule has 1 heterocycles. The first-order valence-corrected chi connectivity index (χ1v) is 5.52. The summed E-state index contributed by atoms with van der Waals surface area (Å²) in [5.74, 6) is 0. The molecule has 3 heteroatoms. The molecular weight excluding hydrogens is 220 g/mol. The van der Waals surface area contributed by atoms with E-state index in [0.29, 0.717) is 5.15 Å². The number of rotatable bonds is 1. The van der Waals surface area contributed by atoms with Crippen LogP contribution >= 0.6 is 11.6 Å². The average molecular weight is 233 g/mol. The van der Waals surface area contributed by atoms with Crippen molar-refractivity contribution in [3.05, 3.63) is 46.4 Å². The Balaban J connectivity index is 2.59. The predicted octanol–water partition coefficient (Wildman–Crippen LogP) is 3.72. The van der Waals surface area contributed by atoms with Crippen LogP contribution in [0.15, 0.2) is 24.5 Å². The second-order valence-electron chi connectivity index (χ2n) is 3.94. The highest BCUT2D eigenvalue weighted by molar-refractivity contribution is 6.30. The molecule has 0 radical (unpaired) electrons. The second-order valence-corrected chi connectivity index (χ2v) is 4.30. The molecule has 0 N–H and O–H groups in total. The van der Waals surface area contributed by atoms with E-state index in [4.69, 9.17) is 11.6 Å². The van der Waals surface area contributed by atoms with E-state index < -0.39 is 0 Å². The monoisotopic (exact) mass is 232 g/mol. The van der Waals surface area contributed by atoms with Crippen molar-refractivity contribution in [2.24, 2.45) is 0 Å². The normalized spacial score (nSPS) is 10.5. The lowest BCUT2D eigenvalue weighted by Gasteiger charge is -2.07. The van der Waals surface area contributed by atoms with Crippen LogP contribution in [0.25, 0.3) is 11.3 Å². The minimum atomic E-state index is 0.517. The largest absolute Gasteiger partial charge is 0.236 e. The molecule has 82 valence electrons. The van der Waals surface area contributed by atoms with Gasteiger partial charge in [-0.25, -0.2) is 9.97 Å². The number of hydrogen-bond donors (Lipinski definition) is 0. The molecule has 2 rings (SSSR count). The Morgan fingerprint density at radius 3 is 2.44 bits per heavy atom. The maximum Gasteiger partial charge on any atom is 0.135 e. The van der Waals surface area contributed by atoms with Crippen LogP contribution in [0.1, 0.15) is 16.7 Å². The lowest BCUT2D eigenvalue weighted by Crippen LogP contribution is -1.92. The van der Waals surface area contributed by atoms with Crippen molar-refractivity contribution in [1.29, 1.82) is 0 Å². The molecule has 1 aromatic heterocycles. The summed E-state index contributed by atoms with van der Waals surface area (Å²) in [5.41, 5.74) is 5.45. The number of aryl methyl sites for hydroxylation is 2. The van der Waals surface area contributed by atoms with Gasteiger partial charge < -0.3 is 0 Å². The van der Waals surface area contributed by atoms with Gasteiger partial charge in [0.25, 0.3) is 0 Å². The Hall–Kier alpha value is -1.41. The van der Waals surface area contributed by atoms with Gasteiger partial charge in [-0.15, -0.1) is 0 Å². The van der Waals surface area contributed by atoms with E-state index in [-0.39, 0.29) is 0 Å². The van der Waals surface area contributed by atoms with Crippen LogP contribution in [-0.2, 0) is 0 Å². The molecule has 0 saturated carbocycles. The van der Waals surface area contributed by atoms with Crippen molar-refractivity contribution in [1.82, 2.24) is 9.97 Å². The first-order chi connectivity index (χ1) is 7.59. The van der Waals surface area contributed by atoms with Gasteiger partial charge >= 0.3 is 0 Å². The lowest BCUT2D eigenvalue weighted by molar-refractivity contribution is 1.13. The fourth-order valence-electron chi connectivity index (χ4n) is 1.61. The van der Waals surface area contributed by atoms with Crippen molar-refractivity contribution in [3.8, 4) is 11.3 Å². The van der Waals surface area contributed by atoms with Crippen molar-refractivity contribution in [3.63, 3.8) is 0 Å². The molecule has 1 aromatic carbocycles. The number of aromatic nitrogens is 2. The van der Waals surface area contributed by atoms with E-state index in [1.165, 1.54) is 17.5 Å². The molecule has 0 unspecified atom stereocenters. The lowest BCUT2D eigenvalue weighted by atomic mass is 10.0. The highest BCUT2D eigenvalue weighted by Crippen LogP contribution is 2.25. The smallest absolute Gasteiger partial charge is 0.135 e. The highest BCUT2D eigenvalue weighted by Gasteiger charge is 2.07. The maximum atomic E-state index is 5.98. The van der Waals surface area contributed by atoms with Crippen LogP contribution < -0.4 is 0 Å². The van der Waals surface area contributed by atoms with Crippen LogP contribution in [0.3, 0.4) is 0 Å². The van der Waals surface area contributed by atoms with Crippen molar-refractivity contribution in [2.75, 3.05) is 0 Å². The average Bonchev–Trinajstić information content (AvgIpc) is 2.26. The first kappa shape index (κ1) is 11.1. The van der Waals surface area contributed by atoms with Crippen LogP contribution in [0.2, 0.25) is 5.15 Å². The first-order valence-electron chi connectivity index (χ1n) is 5.14. The van der Waals surface area contributed by atoms with E-state index in [9.17, 15) is 0 Å². The van der Waals surface area contributed by atoms with Gasteiger partial charge in [-0.05, 0) is 38.0 Å².